The van der Waals surface area contributed by atoms with Crippen LogP contribution in [0, 0.1) is 0 Å². The molecule has 21 heavy (non-hydrogen) atoms. The van der Waals surface area contributed by atoms with E-state index >= 15 is 0 Å². The van der Waals surface area contributed by atoms with E-state index < -0.39 is 0 Å². The minimum Gasteiger partial charge on any atom is -0.481 e. The SMILES string of the molecule is COc1ncccc1CN1CCc2nc(SC)ncc2C1. The Bertz CT molecular complexity index is 635. The van der Waals surface area contributed by atoms with Gasteiger partial charge in [0.1, 0.15) is 0 Å². The van der Waals surface area contributed by atoms with Crippen molar-refractivity contribution in [3.8, 4) is 5.88 Å². The largest absolute Gasteiger partial charge is 0.481 e. The molecule has 0 unspecified atom stereocenters. The average molecular weight is 302 g/mol. The summed E-state index contributed by atoms with van der Waals surface area (Å²) in [5.74, 6) is 0.706. The fourth-order valence-electron chi connectivity index (χ4n) is 2.56. The highest BCUT2D eigenvalue weighted by atomic mass is 32.2. The molecule has 3 heterocycles. The minimum atomic E-state index is 0.706. The normalized spacial score (nSPS) is 14.8. The van der Waals surface area contributed by atoms with Crippen LogP contribution in [0.2, 0.25) is 0 Å². The van der Waals surface area contributed by atoms with Crippen molar-refractivity contribution in [1.29, 1.82) is 0 Å². The van der Waals surface area contributed by atoms with Crippen LogP contribution < -0.4 is 4.74 Å². The lowest BCUT2D eigenvalue weighted by molar-refractivity contribution is 0.237. The molecule has 0 fully saturated rings. The lowest BCUT2D eigenvalue weighted by Gasteiger charge is -2.28. The number of ether oxygens (including phenoxy) is 1. The van der Waals surface area contributed by atoms with Crippen molar-refractivity contribution in [2.24, 2.45) is 0 Å². The van der Waals surface area contributed by atoms with Crippen molar-refractivity contribution in [2.75, 3.05) is 19.9 Å². The van der Waals surface area contributed by atoms with Crippen molar-refractivity contribution >= 4 is 11.8 Å². The topological polar surface area (TPSA) is 51.1 Å². The third-order valence-corrected chi connectivity index (χ3v) is 4.17. The molecule has 0 amide bonds. The number of hydrogen-bond acceptors (Lipinski definition) is 6. The lowest BCUT2D eigenvalue weighted by Crippen LogP contribution is -2.31. The number of rotatable bonds is 4. The highest BCUT2D eigenvalue weighted by Crippen LogP contribution is 2.22. The van der Waals surface area contributed by atoms with Gasteiger partial charge in [-0.05, 0) is 12.3 Å². The molecule has 2 aromatic rings. The standard InChI is InChI=1S/C15H18N4OS/c1-20-14-11(4-3-6-16-14)9-19-7-5-13-12(10-19)8-17-15(18-13)21-2/h3-4,6,8H,5,7,9-10H2,1-2H3. The Morgan fingerprint density at radius 1 is 1.38 bits per heavy atom. The van der Waals surface area contributed by atoms with Gasteiger partial charge in [0.05, 0.1) is 12.8 Å². The molecular formula is C15H18N4OS. The fourth-order valence-corrected chi connectivity index (χ4v) is 2.92. The first kappa shape index (κ1) is 14.3. The Morgan fingerprint density at radius 2 is 2.29 bits per heavy atom. The molecule has 3 rings (SSSR count). The molecule has 0 aromatic carbocycles. The van der Waals surface area contributed by atoms with Gasteiger partial charge in [0.25, 0.3) is 0 Å². The summed E-state index contributed by atoms with van der Waals surface area (Å²) in [6.07, 6.45) is 6.69. The Balaban J connectivity index is 1.74. The van der Waals surface area contributed by atoms with Gasteiger partial charge in [0.2, 0.25) is 5.88 Å². The summed E-state index contributed by atoms with van der Waals surface area (Å²) >= 11 is 1.59. The quantitative estimate of drug-likeness (QED) is 0.637. The molecule has 0 saturated carbocycles. The molecule has 1 aliphatic rings. The number of pyridine rings is 1. The molecule has 0 aliphatic carbocycles. The molecule has 5 nitrogen and oxygen atoms in total. The molecule has 0 N–H and O–H groups in total. The van der Waals surface area contributed by atoms with E-state index in [0.717, 1.165) is 36.8 Å². The van der Waals surface area contributed by atoms with Crippen LogP contribution in [0.1, 0.15) is 16.8 Å². The predicted octanol–water partition coefficient (Wildman–Crippen LogP) is 2.16. The summed E-state index contributed by atoms with van der Waals surface area (Å²) in [6.45, 7) is 2.71. The van der Waals surface area contributed by atoms with E-state index in [-0.39, 0.29) is 0 Å². The van der Waals surface area contributed by atoms with Crippen molar-refractivity contribution in [1.82, 2.24) is 19.9 Å². The van der Waals surface area contributed by atoms with Crippen molar-refractivity contribution < 1.29 is 4.74 Å². The van der Waals surface area contributed by atoms with Gasteiger partial charge in [-0.25, -0.2) is 15.0 Å². The van der Waals surface area contributed by atoms with Crippen molar-refractivity contribution in [2.45, 2.75) is 24.7 Å². The molecule has 0 saturated heterocycles. The van der Waals surface area contributed by atoms with Crippen LogP contribution in [0.15, 0.2) is 29.7 Å². The van der Waals surface area contributed by atoms with Crippen LogP contribution in [-0.2, 0) is 19.5 Å². The fraction of sp³-hybridized carbons (Fsp3) is 0.400. The maximum Gasteiger partial charge on any atom is 0.217 e. The number of aromatic nitrogens is 3. The number of fused-ring (bicyclic) bond motifs is 1. The van der Waals surface area contributed by atoms with Crippen LogP contribution in [0.5, 0.6) is 5.88 Å². The molecule has 0 spiro atoms. The van der Waals surface area contributed by atoms with Gasteiger partial charge in [-0.1, -0.05) is 17.8 Å². The Kier molecular flexibility index (Phi) is 4.36. The first-order valence-electron chi connectivity index (χ1n) is 6.89. The van der Waals surface area contributed by atoms with Gasteiger partial charge >= 0.3 is 0 Å². The molecule has 110 valence electrons. The van der Waals surface area contributed by atoms with Crippen molar-refractivity contribution in [3.63, 3.8) is 0 Å². The maximum absolute atomic E-state index is 5.32. The average Bonchev–Trinajstić information content (AvgIpc) is 2.55. The first-order valence-corrected chi connectivity index (χ1v) is 8.11. The van der Waals surface area contributed by atoms with Crippen LogP contribution in [0.3, 0.4) is 0 Å². The van der Waals surface area contributed by atoms with Crippen LogP contribution in [-0.4, -0.2) is 39.8 Å². The molecule has 0 bridgehead atoms. The minimum absolute atomic E-state index is 0.706. The molecule has 6 heteroatoms. The summed E-state index contributed by atoms with van der Waals surface area (Å²) in [5, 5.41) is 0.858. The molecular weight excluding hydrogens is 284 g/mol. The van der Waals surface area contributed by atoms with E-state index in [1.807, 2.05) is 18.5 Å². The Hall–Kier alpha value is -1.66. The van der Waals surface area contributed by atoms with E-state index in [1.165, 1.54) is 11.3 Å². The van der Waals surface area contributed by atoms with Crippen LogP contribution in [0.25, 0.3) is 0 Å². The second-order valence-electron chi connectivity index (χ2n) is 4.96. The number of nitrogens with zero attached hydrogens (tertiary/aromatic N) is 4. The summed E-state index contributed by atoms with van der Waals surface area (Å²) in [5.41, 5.74) is 3.52. The summed E-state index contributed by atoms with van der Waals surface area (Å²) in [6, 6.07) is 4.01. The first-order chi connectivity index (χ1) is 10.3. The monoisotopic (exact) mass is 302 g/mol. The van der Waals surface area contributed by atoms with Gasteiger partial charge < -0.3 is 4.74 Å². The second kappa shape index (κ2) is 6.41. The molecule has 0 radical (unpaired) electrons. The number of methoxy groups -OCH3 is 1. The number of hydrogen-bond donors (Lipinski definition) is 0. The van der Waals surface area contributed by atoms with E-state index in [1.54, 1.807) is 25.1 Å². The predicted molar refractivity (Wildman–Crippen MR) is 82.4 cm³/mol. The molecule has 1 aliphatic heterocycles. The summed E-state index contributed by atoms with van der Waals surface area (Å²) in [4.78, 5) is 15.6. The highest BCUT2D eigenvalue weighted by Gasteiger charge is 2.19. The van der Waals surface area contributed by atoms with E-state index in [0.29, 0.717) is 5.88 Å². The summed E-state index contributed by atoms with van der Waals surface area (Å²) in [7, 11) is 1.66. The number of thioether (sulfide) groups is 1. The van der Waals surface area contributed by atoms with Gasteiger partial charge in [0, 0.05) is 49.6 Å². The third kappa shape index (κ3) is 3.16. The van der Waals surface area contributed by atoms with Crippen LogP contribution in [0.4, 0.5) is 0 Å². The third-order valence-electron chi connectivity index (χ3n) is 3.61. The molecule has 2 aromatic heterocycles. The Morgan fingerprint density at radius 3 is 3.10 bits per heavy atom. The van der Waals surface area contributed by atoms with Gasteiger partial charge in [0.15, 0.2) is 5.16 Å². The van der Waals surface area contributed by atoms with Gasteiger partial charge in [-0.2, -0.15) is 0 Å². The lowest BCUT2D eigenvalue weighted by atomic mass is 10.1. The maximum atomic E-state index is 5.32. The van der Waals surface area contributed by atoms with E-state index in [9.17, 15) is 0 Å². The zero-order valence-electron chi connectivity index (χ0n) is 12.2. The van der Waals surface area contributed by atoms with Crippen LogP contribution >= 0.6 is 11.8 Å². The highest BCUT2D eigenvalue weighted by molar-refractivity contribution is 7.98. The summed E-state index contributed by atoms with van der Waals surface area (Å²) < 4.78 is 5.32. The molecule has 0 atom stereocenters. The van der Waals surface area contributed by atoms with E-state index in [4.69, 9.17) is 4.74 Å². The van der Waals surface area contributed by atoms with E-state index in [2.05, 4.69) is 25.9 Å². The zero-order valence-corrected chi connectivity index (χ0v) is 13.1. The smallest absolute Gasteiger partial charge is 0.217 e. The zero-order chi connectivity index (χ0) is 14.7. The van der Waals surface area contributed by atoms with Crippen molar-refractivity contribution in [3.05, 3.63) is 41.3 Å². The van der Waals surface area contributed by atoms with Gasteiger partial charge in [-0.15, -0.1) is 0 Å². The van der Waals surface area contributed by atoms with Gasteiger partial charge in [-0.3, -0.25) is 4.90 Å². The Labute approximate surface area is 128 Å². The second-order valence-corrected chi connectivity index (χ2v) is 5.73.